The fraction of sp³-hybridized carbons (Fsp3) is 1.00. The van der Waals surface area contributed by atoms with Gasteiger partial charge in [-0.25, -0.2) is 0 Å². The third-order valence-corrected chi connectivity index (χ3v) is 3.46. The molecule has 0 aliphatic heterocycles. The maximum absolute atomic E-state index is 2.48. The third-order valence-electron chi connectivity index (χ3n) is 3.46. The minimum Gasteiger partial charge on any atom is -0.0651 e. The standard InChI is InChI=1S/C9H16/c1-3-7-6-9(7,2)8-4-5-8/h7-8H,3-6H2,1-2H3. The smallest absolute Gasteiger partial charge is 0.0266 e. The molecule has 0 saturated heterocycles. The molecule has 0 nitrogen and oxygen atoms in total. The zero-order valence-corrected chi connectivity index (χ0v) is 6.48. The Morgan fingerprint density at radius 1 is 1.44 bits per heavy atom. The zero-order chi connectivity index (χ0) is 6.48. The highest BCUT2D eigenvalue weighted by atomic mass is 14.6. The molecule has 0 spiro atoms. The molecule has 2 aliphatic rings. The SMILES string of the molecule is CCC1CC1(C)C1CC1. The van der Waals surface area contributed by atoms with Crippen LogP contribution >= 0.6 is 0 Å². The van der Waals surface area contributed by atoms with Crippen molar-refractivity contribution in [2.24, 2.45) is 17.3 Å². The summed E-state index contributed by atoms with van der Waals surface area (Å²) in [7, 11) is 0. The van der Waals surface area contributed by atoms with E-state index in [1.54, 1.807) is 0 Å². The lowest BCUT2D eigenvalue weighted by Crippen LogP contribution is -1.99. The second-order valence-corrected chi connectivity index (χ2v) is 4.09. The maximum Gasteiger partial charge on any atom is -0.0266 e. The first-order chi connectivity index (χ1) is 4.27. The molecule has 0 N–H and O–H groups in total. The van der Waals surface area contributed by atoms with E-state index in [4.69, 9.17) is 0 Å². The van der Waals surface area contributed by atoms with Crippen molar-refractivity contribution < 1.29 is 0 Å². The van der Waals surface area contributed by atoms with Gasteiger partial charge in [-0.1, -0.05) is 20.3 Å². The minimum atomic E-state index is 0.828. The van der Waals surface area contributed by atoms with E-state index < -0.39 is 0 Å². The Balaban J connectivity index is 1.95. The van der Waals surface area contributed by atoms with Crippen LogP contribution in [0.25, 0.3) is 0 Å². The second-order valence-electron chi connectivity index (χ2n) is 4.09. The van der Waals surface area contributed by atoms with Crippen molar-refractivity contribution >= 4 is 0 Å². The van der Waals surface area contributed by atoms with Crippen LogP contribution in [0.4, 0.5) is 0 Å². The largest absolute Gasteiger partial charge is 0.0651 e. The van der Waals surface area contributed by atoms with Gasteiger partial charge in [0.25, 0.3) is 0 Å². The highest BCUT2D eigenvalue weighted by Gasteiger charge is 2.57. The molecule has 0 heterocycles. The Labute approximate surface area is 57.6 Å². The van der Waals surface area contributed by atoms with Crippen LogP contribution < -0.4 is 0 Å². The van der Waals surface area contributed by atoms with Crippen LogP contribution in [0, 0.1) is 17.3 Å². The van der Waals surface area contributed by atoms with Crippen LogP contribution in [-0.4, -0.2) is 0 Å². The van der Waals surface area contributed by atoms with Crippen LogP contribution in [0.1, 0.15) is 39.5 Å². The highest BCUT2D eigenvalue weighted by molar-refractivity contribution is 5.06. The lowest BCUT2D eigenvalue weighted by atomic mass is 9.99. The molecule has 52 valence electrons. The molecule has 2 fully saturated rings. The molecule has 0 radical (unpaired) electrons. The van der Waals surface area contributed by atoms with Crippen molar-refractivity contribution in [3.8, 4) is 0 Å². The van der Waals surface area contributed by atoms with E-state index in [1.807, 2.05) is 0 Å². The number of hydrogen-bond acceptors (Lipinski definition) is 0. The Bertz CT molecular complexity index is 124. The van der Waals surface area contributed by atoms with Crippen LogP contribution in [0.3, 0.4) is 0 Å². The van der Waals surface area contributed by atoms with Crippen LogP contribution in [0.5, 0.6) is 0 Å². The van der Waals surface area contributed by atoms with E-state index in [0.717, 1.165) is 17.3 Å². The van der Waals surface area contributed by atoms with Gasteiger partial charge in [0, 0.05) is 0 Å². The van der Waals surface area contributed by atoms with Gasteiger partial charge >= 0.3 is 0 Å². The molecule has 0 aromatic heterocycles. The van der Waals surface area contributed by atoms with Crippen LogP contribution in [-0.2, 0) is 0 Å². The Hall–Kier alpha value is 0. The van der Waals surface area contributed by atoms with Crippen molar-refractivity contribution in [3.63, 3.8) is 0 Å². The van der Waals surface area contributed by atoms with Gasteiger partial charge in [-0.3, -0.25) is 0 Å². The molecule has 0 heteroatoms. The normalized spacial score (nSPS) is 49.3. The lowest BCUT2D eigenvalue weighted by Gasteiger charge is -2.06. The highest BCUT2D eigenvalue weighted by Crippen LogP contribution is 2.66. The van der Waals surface area contributed by atoms with E-state index in [-0.39, 0.29) is 0 Å². The molecule has 0 aromatic carbocycles. The average molecular weight is 124 g/mol. The van der Waals surface area contributed by atoms with Gasteiger partial charge in [-0.15, -0.1) is 0 Å². The monoisotopic (exact) mass is 124 g/mol. The topological polar surface area (TPSA) is 0 Å². The van der Waals surface area contributed by atoms with Crippen molar-refractivity contribution in [2.75, 3.05) is 0 Å². The zero-order valence-electron chi connectivity index (χ0n) is 6.48. The average Bonchev–Trinajstić information content (AvgIpc) is 2.54. The summed E-state index contributed by atoms with van der Waals surface area (Å²) in [5.41, 5.74) is 0.828. The van der Waals surface area contributed by atoms with Crippen LogP contribution in [0.15, 0.2) is 0 Å². The summed E-state index contributed by atoms with van der Waals surface area (Å²) < 4.78 is 0. The first kappa shape index (κ1) is 5.76. The summed E-state index contributed by atoms with van der Waals surface area (Å²) in [4.78, 5) is 0. The summed E-state index contributed by atoms with van der Waals surface area (Å²) >= 11 is 0. The first-order valence-electron chi connectivity index (χ1n) is 4.27. The van der Waals surface area contributed by atoms with Gasteiger partial charge < -0.3 is 0 Å². The molecule has 2 unspecified atom stereocenters. The van der Waals surface area contributed by atoms with Crippen molar-refractivity contribution in [3.05, 3.63) is 0 Å². The van der Waals surface area contributed by atoms with Gasteiger partial charge in [0.1, 0.15) is 0 Å². The fourth-order valence-electron chi connectivity index (χ4n) is 2.33. The molecular weight excluding hydrogens is 108 g/mol. The number of rotatable bonds is 2. The van der Waals surface area contributed by atoms with Crippen molar-refractivity contribution in [1.29, 1.82) is 0 Å². The van der Waals surface area contributed by atoms with E-state index >= 15 is 0 Å². The summed E-state index contributed by atoms with van der Waals surface area (Å²) in [6.45, 7) is 4.82. The Morgan fingerprint density at radius 2 is 2.11 bits per heavy atom. The van der Waals surface area contributed by atoms with E-state index in [0.29, 0.717) is 0 Å². The van der Waals surface area contributed by atoms with Crippen molar-refractivity contribution in [2.45, 2.75) is 39.5 Å². The Morgan fingerprint density at radius 3 is 2.44 bits per heavy atom. The lowest BCUT2D eigenvalue weighted by molar-refractivity contribution is 0.430. The predicted octanol–water partition coefficient (Wildman–Crippen LogP) is 2.83. The molecule has 9 heavy (non-hydrogen) atoms. The summed E-state index contributed by atoms with van der Waals surface area (Å²) in [6.07, 6.45) is 6.03. The van der Waals surface area contributed by atoms with Crippen LogP contribution in [0.2, 0.25) is 0 Å². The molecule has 2 saturated carbocycles. The maximum atomic E-state index is 2.48. The fourth-order valence-corrected chi connectivity index (χ4v) is 2.33. The third kappa shape index (κ3) is 0.720. The molecule has 2 atom stereocenters. The molecule has 0 bridgehead atoms. The summed E-state index contributed by atoms with van der Waals surface area (Å²) in [6, 6.07) is 0. The first-order valence-corrected chi connectivity index (χ1v) is 4.27. The summed E-state index contributed by atoms with van der Waals surface area (Å²) in [5, 5.41) is 0. The van der Waals surface area contributed by atoms with Gasteiger partial charge in [0.2, 0.25) is 0 Å². The Kier molecular flexibility index (Phi) is 0.980. The number of hydrogen-bond donors (Lipinski definition) is 0. The molecule has 2 rings (SSSR count). The minimum absolute atomic E-state index is 0.828. The quantitative estimate of drug-likeness (QED) is 0.531. The van der Waals surface area contributed by atoms with Gasteiger partial charge in [-0.2, -0.15) is 0 Å². The van der Waals surface area contributed by atoms with Crippen molar-refractivity contribution in [1.82, 2.24) is 0 Å². The van der Waals surface area contributed by atoms with Gasteiger partial charge in [0.15, 0.2) is 0 Å². The van der Waals surface area contributed by atoms with E-state index in [1.165, 1.54) is 25.7 Å². The molecular formula is C9H16. The van der Waals surface area contributed by atoms with E-state index in [9.17, 15) is 0 Å². The predicted molar refractivity (Wildman–Crippen MR) is 39.2 cm³/mol. The van der Waals surface area contributed by atoms with Gasteiger partial charge in [0.05, 0.1) is 0 Å². The molecule has 2 aliphatic carbocycles. The summed E-state index contributed by atoms with van der Waals surface area (Å²) in [5.74, 6) is 2.24. The second kappa shape index (κ2) is 1.53. The molecule has 0 aromatic rings. The van der Waals surface area contributed by atoms with Gasteiger partial charge in [-0.05, 0) is 36.5 Å². The van der Waals surface area contributed by atoms with E-state index in [2.05, 4.69) is 13.8 Å². The molecule has 0 amide bonds.